The Kier molecular flexibility index (Phi) is 1.37. The summed E-state index contributed by atoms with van der Waals surface area (Å²) in [6.07, 6.45) is 0.620. The van der Waals surface area contributed by atoms with E-state index in [0.717, 1.165) is 6.21 Å². The number of hydrogen-bond donors (Lipinski definition) is 1. The quantitative estimate of drug-likeness (QED) is 0.490. The molecule has 1 aliphatic heterocycles. The van der Waals surface area contributed by atoms with Crippen LogP contribution in [0.15, 0.2) is 4.99 Å². The van der Waals surface area contributed by atoms with Gasteiger partial charge in [0.05, 0.1) is 12.3 Å². The van der Waals surface area contributed by atoms with Crippen molar-refractivity contribution in [2.24, 2.45) is 4.99 Å². The van der Waals surface area contributed by atoms with Gasteiger partial charge in [-0.3, -0.25) is 4.99 Å². The van der Waals surface area contributed by atoms with Crippen LogP contribution in [0.25, 0.3) is 0 Å². The van der Waals surface area contributed by atoms with Gasteiger partial charge in [-0.2, -0.15) is 0 Å². The van der Waals surface area contributed by atoms with Crippen molar-refractivity contribution in [2.75, 3.05) is 6.54 Å². The second-order valence-corrected chi connectivity index (χ2v) is 1.78. The Hall–Kier alpha value is -0.730. The number of alkyl halides is 1. The summed E-state index contributed by atoms with van der Waals surface area (Å²) in [5.41, 5.74) is 0.581. The first-order valence-electron chi connectivity index (χ1n) is 2.51. The van der Waals surface area contributed by atoms with Crippen LogP contribution in [0.4, 0.5) is 4.39 Å². The van der Waals surface area contributed by atoms with Crippen molar-refractivity contribution in [1.82, 2.24) is 0 Å². The van der Waals surface area contributed by atoms with Crippen LogP contribution in [0.3, 0.4) is 0 Å². The van der Waals surface area contributed by atoms with Crippen LogP contribution in [-0.2, 0) is 0 Å². The summed E-state index contributed by atoms with van der Waals surface area (Å²) in [6, 6.07) is 0. The van der Waals surface area contributed by atoms with Gasteiger partial charge in [-0.15, -0.1) is 0 Å². The standard InChI is InChI=1S/C5H7FN2/c6-4-1-5(2-7)8-3-4/h2,4,7H,1,3H2. The molecule has 1 rings (SSSR count). The van der Waals surface area contributed by atoms with Crippen LogP contribution in [0.1, 0.15) is 6.42 Å². The molecule has 0 aromatic rings. The zero-order chi connectivity index (χ0) is 5.98. The van der Waals surface area contributed by atoms with Gasteiger partial charge in [0.25, 0.3) is 0 Å². The number of hydrogen-bond acceptors (Lipinski definition) is 2. The maximum absolute atomic E-state index is 12.1. The van der Waals surface area contributed by atoms with E-state index in [-0.39, 0.29) is 6.54 Å². The van der Waals surface area contributed by atoms with E-state index in [1.54, 1.807) is 0 Å². The SMILES string of the molecule is N=CC1=NCC(F)C1. The lowest BCUT2D eigenvalue weighted by molar-refractivity contribution is 0.367. The minimum Gasteiger partial charge on any atom is -0.307 e. The van der Waals surface area contributed by atoms with Crippen molar-refractivity contribution in [3.05, 3.63) is 0 Å². The Bertz CT molecular complexity index is 130. The molecular formula is C5H7FN2. The lowest BCUT2D eigenvalue weighted by Crippen LogP contribution is -2.00. The van der Waals surface area contributed by atoms with Gasteiger partial charge in [0.1, 0.15) is 6.17 Å². The van der Waals surface area contributed by atoms with Crippen molar-refractivity contribution in [1.29, 1.82) is 5.41 Å². The Labute approximate surface area is 46.9 Å². The highest BCUT2D eigenvalue weighted by atomic mass is 19.1. The number of rotatable bonds is 1. The van der Waals surface area contributed by atoms with E-state index in [9.17, 15) is 4.39 Å². The highest BCUT2D eigenvalue weighted by Gasteiger charge is 2.14. The second kappa shape index (κ2) is 2.03. The first-order chi connectivity index (χ1) is 3.83. The number of aliphatic imine (C=N–C) groups is 1. The molecule has 1 aliphatic rings. The fourth-order valence-corrected chi connectivity index (χ4v) is 0.677. The van der Waals surface area contributed by atoms with E-state index >= 15 is 0 Å². The zero-order valence-corrected chi connectivity index (χ0v) is 4.39. The monoisotopic (exact) mass is 114 g/mol. The van der Waals surface area contributed by atoms with Crippen molar-refractivity contribution in [3.63, 3.8) is 0 Å². The largest absolute Gasteiger partial charge is 0.307 e. The van der Waals surface area contributed by atoms with Crippen LogP contribution in [-0.4, -0.2) is 24.6 Å². The Morgan fingerprint density at radius 1 is 1.88 bits per heavy atom. The average Bonchev–Trinajstić information content (AvgIpc) is 2.14. The van der Waals surface area contributed by atoms with Crippen molar-refractivity contribution >= 4 is 11.9 Å². The van der Waals surface area contributed by atoms with Crippen LogP contribution in [0.5, 0.6) is 0 Å². The molecule has 0 fully saturated rings. The molecule has 0 bridgehead atoms. The topological polar surface area (TPSA) is 36.2 Å². The molecule has 44 valence electrons. The van der Waals surface area contributed by atoms with E-state index in [2.05, 4.69) is 4.99 Å². The highest BCUT2D eigenvalue weighted by Crippen LogP contribution is 2.06. The Balaban J connectivity index is 2.49. The predicted octanol–water partition coefficient (Wildman–Crippen LogP) is 0.819. The molecule has 0 aliphatic carbocycles. The summed E-state index contributed by atoms with van der Waals surface area (Å²) in [6.45, 7) is 0.255. The third kappa shape index (κ3) is 0.911. The fraction of sp³-hybridized carbons (Fsp3) is 0.600. The van der Waals surface area contributed by atoms with Crippen LogP contribution in [0.2, 0.25) is 0 Å². The minimum atomic E-state index is -0.827. The van der Waals surface area contributed by atoms with E-state index in [1.165, 1.54) is 0 Å². The smallest absolute Gasteiger partial charge is 0.125 e. The zero-order valence-electron chi connectivity index (χ0n) is 4.39. The van der Waals surface area contributed by atoms with Crippen molar-refractivity contribution in [3.8, 4) is 0 Å². The minimum absolute atomic E-state index is 0.255. The van der Waals surface area contributed by atoms with E-state index < -0.39 is 6.17 Å². The summed E-state index contributed by atoms with van der Waals surface area (Å²) in [5, 5.41) is 6.67. The normalized spacial score (nSPS) is 27.6. The summed E-state index contributed by atoms with van der Waals surface area (Å²) < 4.78 is 12.1. The molecule has 0 spiro atoms. The molecule has 0 amide bonds. The van der Waals surface area contributed by atoms with Gasteiger partial charge < -0.3 is 5.41 Å². The van der Waals surface area contributed by atoms with E-state index in [4.69, 9.17) is 5.41 Å². The van der Waals surface area contributed by atoms with E-state index in [1.807, 2.05) is 0 Å². The number of nitrogens with zero attached hydrogens (tertiary/aromatic N) is 1. The molecule has 0 radical (unpaired) electrons. The predicted molar refractivity (Wildman–Crippen MR) is 30.6 cm³/mol. The summed E-state index contributed by atoms with van der Waals surface area (Å²) in [5.74, 6) is 0. The Morgan fingerprint density at radius 2 is 2.62 bits per heavy atom. The lowest BCUT2D eigenvalue weighted by Gasteiger charge is -1.88. The van der Waals surface area contributed by atoms with Crippen molar-refractivity contribution in [2.45, 2.75) is 12.6 Å². The number of nitrogens with one attached hydrogen (secondary N) is 1. The first kappa shape index (κ1) is 5.41. The molecule has 1 N–H and O–H groups in total. The van der Waals surface area contributed by atoms with Gasteiger partial charge >= 0.3 is 0 Å². The molecular weight excluding hydrogens is 107 g/mol. The second-order valence-electron chi connectivity index (χ2n) is 1.78. The van der Waals surface area contributed by atoms with Crippen LogP contribution >= 0.6 is 0 Å². The molecule has 1 heterocycles. The third-order valence-electron chi connectivity index (χ3n) is 1.09. The molecule has 1 atom stereocenters. The number of halogens is 1. The highest BCUT2D eigenvalue weighted by molar-refractivity contribution is 6.30. The van der Waals surface area contributed by atoms with Gasteiger partial charge in [0.15, 0.2) is 0 Å². The van der Waals surface area contributed by atoms with Gasteiger partial charge in [0, 0.05) is 12.6 Å². The molecule has 0 saturated carbocycles. The third-order valence-corrected chi connectivity index (χ3v) is 1.09. The van der Waals surface area contributed by atoms with Crippen LogP contribution < -0.4 is 0 Å². The molecule has 0 saturated heterocycles. The summed E-state index contributed by atoms with van der Waals surface area (Å²) in [7, 11) is 0. The molecule has 2 nitrogen and oxygen atoms in total. The molecule has 0 aromatic carbocycles. The summed E-state index contributed by atoms with van der Waals surface area (Å²) >= 11 is 0. The van der Waals surface area contributed by atoms with Crippen LogP contribution in [0, 0.1) is 5.41 Å². The maximum atomic E-state index is 12.1. The molecule has 1 unspecified atom stereocenters. The molecule has 0 aromatic heterocycles. The van der Waals surface area contributed by atoms with Gasteiger partial charge in [-0.05, 0) is 0 Å². The fourth-order valence-electron chi connectivity index (χ4n) is 0.677. The summed E-state index contributed by atoms with van der Waals surface area (Å²) in [4.78, 5) is 3.73. The lowest BCUT2D eigenvalue weighted by atomic mass is 10.2. The first-order valence-corrected chi connectivity index (χ1v) is 2.51. The van der Waals surface area contributed by atoms with Crippen molar-refractivity contribution < 1.29 is 4.39 Å². The molecule has 3 heteroatoms. The van der Waals surface area contributed by atoms with E-state index in [0.29, 0.717) is 12.1 Å². The molecule has 8 heavy (non-hydrogen) atoms. The maximum Gasteiger partial charge on any atom is 0.125 e. The van der Waals surface area contributed by atoms with Gasteiger partial charge in [-0.1, -0.05) is 0 Å². The van der Waals surface area contributed by atoms with Gasteiger partial charge in [-0.25, -0.2) is 4.39 Å². The Morgan fingerprint density at radius 3 is 2.88 bits per heavy atom. The van der Waals surface area contributed by atoms with Gasteiger partial charge in [0.2, 0.25) is 0 Å². The average molecular weight is 114 g/mol.